The van der Waals surface area contributed by atoms with Gasteiger partial charge in [0.05, 0.1) is 13.2 Å². The average molecular weight is 297 g/mol. The number of aromatic nitrogens is 2. The zero-order valence-corrected chi connectivity index (χ0v) is 12.4. The van der Waals surface area contributed by atoms with Crippen LogP contribution in [-0.4, -0.2) is 49.0 Å². The highest BCUT2D eigenvalue weighted by Gasteiger charge is 2.22. The fourth-order valence-electron chi connectivity index (χ4n) is 1.74. The van der Waals surface area contributed by atoms with Crippen LogP contribution >= 0.6 is 0 Å². The number of nitrogens with zero attached hydrogens (tertiary/aromatic N) is 2. The van der Waals surface area contributed by atoms with E-state index >= 15 is 0 Å². The first kappa shape index (κ1) is 15.7. The number of rotatable bonds is 11. The number of methoxy groups -OCH3 is 1. The van der Waals surface area contributed by atoms with Crippen LogP contribution in [0.2, 0.25) is 0 Å². The summed E-state index contributed by atoms with van der Waals surface area (Å²) in [4.78, 5) is 11.5. The van der Waals surface area contributed by atoms with Gasteiger partial charge in [0.25, 0.3) is 0 Å². The first-order chi connectivity index (χ1) is 10.3. The molecule has 1 aliphatic carbocycles. The van der Waals surface area contributed by atoms with E-state index in [4.69, 9.17) is 9.15 Å². The maximum atomic E-state index is 11.5. The van der Waals surface area contributed by atoms with Crippen LogP contribution in [0.25, 0.3) is 0 Å². The quantitative estimate of drug-likeness (QED) is 0.504. The summed E-state index contributed by atoms with van der Waals surface area (Å²) in [5.41, 5.74) is 0. The standard InChI is InChI=1S/C13H23N5O3/c1-20-8-7-14-9-12-17-18-13(21-12)15-6-2-3-11(19)16-10-4-5-10/h10,14H,2-9H2,1H3,(H,15,18)(H,16,19). The molecular formula is C13H23N5O3. The summed E-state index contributed by atoms with van der Waals surface area (Å²) in [5.74, 6) is 0.646. The van der Waals surface area contributed by atoms with Gasteiger partial charge in [-0.1, -0.05) is 5.10 Å². The molecule has 21 heavy (non-hydrogen) atoms. The van der Waals surface area contributed by atoms with Crippen LogP contribution < -0.4 is 16.0 Å². The normalized spacial score (nSPS) is 14.1. The third kappa shape index (κ3) is 6.54. The van der Waals surface area contributed by atoms with Crippen molar-refractivity contribution in [3.05, 3.63) is 5.89 Å². The minimum Gasteiger partial charge on any atom is -0.407 e. The van der Waals surface area contributed by atoms with E-state index in [0.29, 0.717) is 44.1 Å². The Kier molecular flexibility index (Phi) is 6.42. The van der Waals surface area contributed by atoms with Crippen molar-refractivity contribution >= 4 is 11.9 Å². The number of hydrogen-bond acceptors (Lipinski definition) is 7. The van der Waals surface area contributed by atoms with Crippen molar-refractivity contribution in [1.82, 2.24) is 20.8 Å². The van der Waals surface area contributed by atoms with Gasteiger partial charge in [0.2, 0.25) is 11.8 Å². The van der Waals surface area contributed by atoms with Crippen molar-refractivity contribution in [3.63, 3.8) is 0 Å². The van der Waals surface area contributed by atoms with E-state index < -0.39 is 0 Å². The molecule has 1 amide bonds. The SMILES string of the molecule is COCCNCc1nnc(NCCCC(=O)NC2CC2)o1. The molecule has 118 valence electrons. The van der Waals surface area contributed by atoms with Crippen molar-refractivity contribution < 1.29 is 13.9 Å². The van der Waals surface area contributed by atoms with Gasteiger partial charge in [-0.05, 0) is 19.3 Å². The second kappa shape index (κ2) is 8.58. The van der Waals surface area contributed by atoms with Crippen LogP contribution in [-0.2, 0) is 16.1 Å². The molecule has 1 heterocycles. The van der Waals surface area contributed by atoms with Gasteiger partial charge in [0.1, 0.15) is 0 Å². The first-order valence-corrected chi connectivity index (χ1v) is 7.33. The molecular weight excluding hydrogens is 274 g/mol. The summed E-state index contributed by atoms with van der Waals surface area (Å²) in [6.07, 6.45) is 3.49. The van der Waals surface area contributed by atoms with Crippen LogP contribution in [0.3, 0.4) is 0 Å². The van der Waals surface area contributed by atoms with E-state index in [2.05, 4.69) is 26.1 Å². The Bertz CT molecular complexity index is 433. The molecule has 0 aliphatic heterocycles. The Morgan fingerprint density at radius 3 is 3.00 bits per heavy atom. The number of ether oxygens (including phenoxy) is 1. The lowest BCUT2D eigenvalue weighted by Crippen LogP contribution is -2.25. The summed E-state index contributed by atoms with van der Waals surface area (Å²) in [5, 5.41) is 16.9. The first-order valence-electron chi connectivity index (χ1n) is 7.33. The smallest absolute Gasteiger partial charge is 0.315 e. The van der Waals surface area contributed by atoms with Crippen LogP contribution in [0.15, 0.2) is 4.42 Å². The lowest BCUT2D eigenvalue weighted by Gasteiger charge is -2.03. The maximum absolute atomic E-state index is 11.5. The highest BCUT2D eigenvalue weighted by atomic mass is 16.5. The maximum Gasteiger partial charge on any atom is 0.315 e. The van der Waals surface area contributed by atoms with Gasteiger partial charge >= 0.3 is 6.01 Å². The Balaban J connectivity index is 1.53. The van der Waals surface area contributed by atoms with Crippen molar-refractivity contribution in [2.75, 3.05) is 32.1 Å². The molecule has 3 N–H and O–H groups in total. The molecule has 1 aromatic heterocycles. The second-order valence-electron chi connectivity index (χ2n) is 5.04. The van der Waals surface area contributed by atoms with Gasteiger partial charge in [-0.2, -0.15) is 0 Å². The van der Waals surface area contributed by atoms with Crippen LogP contribution in [0.4, 0.5) is 6.01 Å². The van der Waals surface area contributed by atoms with Gasteiger partial charge in [0, 0.05) is 32.7 Å². The Labute approximate surface area is 124 Å². The molecule has 0 aromatic carbocycles. The van der Waals surface area contributed by atoms with Gasteiger partial charge < -0.3 is 25.1 Å². The molecule has 8 nitrogen and oxygen atoms in total. The number of amides is 1. The molecule has 0 bridgehead atoms. The molecule has 1 fully saturated rings. The molecule has 2 rings (SSSR count). The van der Waals surface area contributed by atoms with Crippen LogP contribution in [0.5, 0.6) is 0 Å². The van der Waals surface area contributed by atoms with Crippen LogP contribution in [0, 0.1) is 0 Å². The van der Waals surface area contributed by atoms with Gasteiger partial charge in [-0.15, -0.1) is 5.10 Å². The zero-order valence-electron chi connectivity index (χ0n) is 12.4. The number of anilines is 1. The fraction of sp³-hybridized carbons (Fsp3) is 0.769. The van der Waals surface area contributed by atoms with E-state index in [9.17, 15) is 4.79 Å². The molecule has 1 aliphatic rings. The molecule has 0 atom stereocenters. The molecule has 0 radical (unpaired) electrons. The lowest BCUT2D eigenvalue weighted by atomic mass is 10.3. The second-order valence-corrected chi connectivity index (χ2v) is 5.04. The molecule has 1 aromatic rings. The number of nitrogens with one attached hydrogen (secondary N) is 3. The van der Waals surface area contributed by atoms with Gasteiger partial charge in [-0.3, -0.25) is 4.79 Å². The Hall–Kier alpha value is -1.67. The summed E-state index contributed by atoms with van der Waals surface area (Å²) in [7, 11) is 1.65. The monoisotopic (exact) mass is 297 g/mol. The zero-order chi connectivity index (χ0) is 14.9. The Morgan fingerprint density at radius 1 is 1.38 bits per heavy atom. The van der Waals surface area contributed by atoms with E-state index in [-0.39, 0.29) is 5.91 Å². The summed E-state index contributed by atoms with van der Waals surface area (Å²) < 4.78 is 10.3. The summed E-state index contributed by atoms with van der Waals surface area (Å²) >= 11 is 0. The number of hydrogen-bond donors (Lipinski definition) is 3. The predicted octanol–water partition coefficient (Wildman–Crippen LogP) is 0.276. The number of carbonyl (C=O) groups excluding carboxylic acids is 1. The molecule has 8 heteroatoms. The summed E-state index contributed by atoms with van der Waals surface area (Å²) in [6.45, 7) is 2.53. The van der Waals surface area contributed by atoms with Gasteiger partial charge in [-0.25, -0.2) is 0 Å². The average Bonchev–Trinajstić information content (AvgIpc) is 3.17. The molecule has 1 saturated carbocycles. The topological polar surface area (TPSA) is 101 Å². The predicted molar refractivity (Wildman–Crippen MR) is 76.8 cm³/mol. The fourth-order valence-corrected chi connectivity index (χ4v) is 1.74. The highest BCUT2D eigenvalue weighted by molar-refractivity contribution is 5.76. The van der Waals surface area contributed by atoms with E-state index in [0.717, 1.165) is 25.8 Å². The van der Waals surface area contributed by atoms with E-state index in [1.165, 1.54) is 0 Å². The third-order valence-electron chi connectivity index (χ3n) is 3.03. The van der Waals surface area contributed by atoms with Crippen molar-refractivity contribution in [2.45, 2.75) is 38.3 Å². The minimum atomic E-state index is 0.118. The third-order valence-corrected chi connectivity index (χ3v) is 3.03. The largest absolute Gasteiger partial charge is 0.407 e. The van der Waals surface area contributed by atoms with E-state index in [1.807, 2.05) is 0 Å². The minimum absolute atomic E-state index is 0.118. The lowest BCUT2D eigenvalue weighted by molar-refractivity contribution is -0.121. The van der Waals surface area contributed by atoms with Crippen molar-refractivity contribution in [2.24, 2.45) is 0 Å². The summed E-state index contributed by atoms with van der Waals surface area (Å²) in [6, 6.07) is 0.815. The van der Waals surface area contributed by atoms with Crippen molar-refractivity contribution in [1.29, 1.82) is 0 Å². The Morgan fingerprint density at radius 2 is 2.24 bits per heavy atom. The highest BCUT2D eigenvalue weighted by Crippen LogP contribution is 2.18. The van der Waals surface area contributed by atoms with Gasteiger partial charge in [0.15, 0.2) is 0 Å². The number of carbonyl (C=O) groups is 1. The molecule has 0 unspecified atom stereocenters. The molecule has 0 spiro atoms. The molecule has 0 saturated heterocycles. The van der Waals surface area contributed by atoms with Crippen molar-refractivity contribution in [3.8, 4) is 0 Å². The van der Waals surface area contributed by atoms with Crippen LogP contribution in [0.1, 0.15) is 31.6 Å². The van der Waals surface area contributed by atoms with E-state index in [1.54, 1.807) is 7.11 Å².